The number of halogens is 1. The Morgan fingerprint density at radius 3 is 2.69 bits per heavy atom. The molecule has 1 atom stereocenters. The Bertz CT molecular complexity index is 1050. The van der Waals surface area contributed by atoms with Crippen molar-refractivity contribution < 1.29 is 0 Å². The van der Waals surface area contributed by atoms with Crippen molar-refractivity contribution in [2.24, 2.45) is 0 Å². The maximum atomic E-state index is 6.11. The van der Waals surface area contributed by atoms with Crippen LogP contribution in [0.2, 0.25) is 5.02 Å². The maximum absolute atomic E-state index is 6.11. The van der Waals surface area contributed by atoms with E-state index < -0.39 is 0 Å². The van der Waals surface area contributed by atoms with Crippen molar-refractivity contribution in [3.05, 3.63) is 82.8 Å². The van der Waals surface area contributed by atoms with Crippen LogP contribution in [0.4, 0.5) is 0 Å². The molecule has 3 nitrogen and oxygen atoms in total. The maximum Gasteiger partial charge on any atom is 0.0785 e. The average molecular weight is 378 g/mol. The number of pyridine rings is 1. The molecule has 3 heterocycles. The van der Waals surface area contributed by atoms with Gasteiger partial charge in [0.05, 0.1) is 16.8 Å². The highest BCUT2D eigenvalue weighted by Gasteiger charge is 2.27. The minimum absolute atomic E-state index is 0.356. The molecule has 5 rings (SSSR count). The van der Waals surface area contributed by atoms with E-state index in [1.54, 1.807) is 0 Å². The zero-order valence-electron chi connectivity index (χ0n) is 13.9. The molecule has 3 aromatic heterocycles. The number of fused-ring (bicyclic) bond motifs is 3. The van der Waals surface area contributed by atoms with E-state index in [-0.39, 0.29) is 0 Å². The monoisotopic (exact) mass is 377 g/mol. The van der Waals surface area contributed by atoms with Crippen LogP contribution in [0.5, 0.6) is 0 Å². The first-order valence-electron chi connectivity index (χ1n) is 8.62. The number of H-pyrrole nitrogens is 1. The Kier molecular flexibility index (Phi) is 3.88. The molecule has 1 unspecified atom stereocenters. The fourth-order valence-corrected chi connectivity index (χ4v) is 5.10. The van der Waals surface area contributed by atoms with E-state index in [9.17, 15) is 0 Å². The van der Waals surface area contributed by atoms with Gasteiger partial charge >= 0.3 is 0 Å². The minimum atomic E-state index is 0.356. The molecule has 5 heteroatoms. The first kappa shape index (κ1) is 15.8. The van der Waals surface area contributed by atoms with Crippen molar-refractivity contribution in [3.8, 4) is 21.0 Å². The summed E-state index contributed by atoms with van der Waals surface area (Å²) >= 11 is 7.93. The molecule has 0 fully saturated rings. The highest BCUT2D eigenvalue weighted by molar-refractivity contribution is 7.19. The van der Waals surface area contributed by atoms with Gasteiger partial charge in [0.2, 0.25) is 0 Å². The number of aromatic nitrogens is 3. The zero-order valence-corrected chi connectivity index (χ0v) is 15.5. The Morgan fingerprint density at radius 2 is 1.88 bits per heavy atom. The lowest BCUT2D eigenvalue weighted by Crippen LogP contribution is -2.00. The van der Waals surface area contributed by atoms with E-state index in [1.165, 1.54) is 37.7 Å². The summed E-state index contributed by atoms with van der Waals surface area (Å²) in [6, 6.07) is 14.7. The highest BCUT2D eigenvalue weighted by Crippen LogP contribution is 2.47. The molecule has 0 radical (unpaired) electrons. The standard InChI is InChI=1S/C21H16ClN3S/c22-16-4-1-13(2-5-16)17-6-3-15-12-24-25-20(15)21-18(17)11-19(26-21)14-7-9-23-10-8-14/h1-2,4-5,7-12,17H,3,6H2,(H,24,25). The molecular weight excluding hydrogens is 362 g/mol. The number of hydrogen-bond acceptors (Lipinski definition) is 3. The van der Waals surface area contributed by atoms with Crippen LogP contribution in [0.1, 0.15) is 29.0 Å². The third kappa shape index (κ3) is 2.66. The van der Waals surface area contributed by atoms with Crippen LogP contribution in [0.3, 0.4) is 0 Å². The average Bonchev–Trinajstić information content (AvgIpc) is 3.29. The molecule has 1 aliphatic carbocycles. The van der Waals surface area contributed by atoms with Gasteiger partial charge in [-0.1, -0.05) is 23.7 Å². The van der Waals surface area contributed by atoms with Crippen LogP contribution in [-0.4, -0.2) is 15.2 Å². The molecule has 0 amide bonds. The van der Waals surface area contributed by atoms with Crippen molar-refractivity contribution in [3.63, 3.8) is 0 Å². The lowest BCUT2D eigenvalue weighted by molar-refractivity contribution is 0.727. The molecule has 0 saturated carbocycles. The molecule has 0 bridgehead atoms. The quantitative estimate of drug-likeness (QED) is 0.470. The van der Waals surface area contributed by atoms with E-state index in [1.807, 2.05) is 42.1 Å². The Hall–Kier alpha value is -2.43. The Morgan fingerprint density at radius 1 is 1.08 bits per heavy atom. The fourth-order valence-electron chi connectivity index (χ4n) is 3.71. The number of thiophene rings is 1. The van der Waals surface area contributed by atoms with Gasteiger partial charge in [-0.15, -0.1) is 11.3 Å². The van der Waals surface area contributed by atoms with Crippen molar-refractivity contribution in [2.75, 3.05) is 0 Å². The van der Waals surface area contributed by atoms with E-state index in [0.717, 1.165) is 17.9 Å². The lowest BCUT2D eigenvalue weighted by atomic mass is 9.88. The first-order valence-corrected chi connectivity index (χ1v) is 9.81. The third-order valence-electron chi connectivity index (χ3n) is 5.02. The number of rotatable bonds is 2. The van der Waals surface area contributed by atoms with Gasteiger partial charge in [-0.05, 0) is 65.4 Å². The molecule has 26 heavy (non-hydrogen) atoms. The predicted molar refractivity (Wildman–Crippen MR) is 107 cm³/mol. The van der Waals surface area contributed by atoms with E-state index >= 15 is 0 Å². The van der Waals surface area contributed by atoms with Crippen molar-refractivity contribution in [2.45, 2.75) is 18.8 Å². The number of hydrogen-bond donors (Lipinski definition) is 1. The van der Waals surface area contributed by atoms with Gasteiger partial charge in [0.15, 0.2) is 0 Å². The van der Waals surface area contributed by atoms with Crippen LogP contribution < -0.4 is 0 Å². The van der Waals surface area contributed by atoms with Gasteiger partial charge in [0, 0.05) is 28.2 Å². The smallest absolute Gasteiger partial charge is 0.0785 e. The number of benzene rings is 1. The summed E-state index contributed by atoms with van der Waals surface area (Å²) < 4.78 is 0. The molecule has 1 aromatic carbocycles. The van der Waals surface area contributed by atoms with Crippen molar-refractivity contribution in [1.82, 2.24) is 15.2 Å². The largest absolute Gasteiger partial charge is 0.277 e. The Labute approximate surface area is 160 Å². The molecule has 1 aliphatic rings. The van der Waals surface area contributed by atoms with Crippen molar-refractivity contribution >= 4 is 22.9 Å². The van der Waals surface area contributed by atoms with Crippen LogP contribution in [0.15, 0.2) is 61.1 Å². The topological polar surface area (TPSA) is 41.6 Å². The van der Waals surface area contributed by atoms with Crippen LogP contribution in [0, 0.1) is 0 Å². The normalized spacial score (nSPS) is 16.0. The second-order valence-electron chi connectivity index (χ2n) is 6.54. The number of nitrogens with one attached hydrogen (secondary N) is 1. The van der Waals surface area contributed by atoms with Crippen LogP contribution in [-0.2, 0) is 6.42 Å². The fraction of sp³-hybridized carbons (Fsp3) is 0.143. The zero-order chi connectivity index (χ0) is 17.5. The first-order chi connectivity index (χ1) is 12.8. The molecule has 0 spiro atoms. The molecular formula is C21H16ClN3S. The summed E-state index contributed by atoms with van der Waals surface area (Å²) in [5.74, 6) is 0.356. The predicted octanol–water partition coefficient (Wildman–Crippen LogP) is 5.93. The van der Waals surface area contributed by atoms with E-state index in [4.69, 9.17) is 11.6 Å². The summed E-state index contributed by atoms with van der Waals surface area (Å²) in [5, 5.41) is 8.29. The van der Waals surface area contributed by atoms with Gasteiger partial charge in [-0.3, -0.25) is 10.1 Å². The molecule has 0 saturated heterocycles. The van der Waals surface area contributed by atoms with Gasteiger partial charge in [0.25, 0.3) is 0 Å². The molecule has 1 N–H and O–H groups in total. The minimum Gasteiger partial charge on any atom is -0.277 e. The second-order valence-corrected chi connectivity index (χ2v) is 8.03. The number of aryl methyl sites for hydroxylation is 1. The third-order valence-corrected chi connectivity index (χ3v) is 6.49. The van der Waals surface area contributed by atoms with Gasteiger partial charge in [0.1, 0.15) is 0 Å². The SMILES string of the molecule is Clc1ccc(C2CCc3cn[nH]c3-c3sc(-c4ccncc4)cc32)cc1. The molecule has 4 aromatic rings. The summed E-state index contributed by atoms with van der Waals surface area (Å²) in [7, 11) is 0. The lowest BCUT2D eigenvalue weighted by Gasteiger charge is -2.16. The van der Waals surface area contributed by atoms with Crippen LogP contribution >= 0.6 is 22.9 Å². The molecule has 128 valence electrons. The summed E-state index contributed by atoms with van der Waals surface area (Å²) in [4.78, 5) is 6.70. The summed E-state index contributed by atoms with van der Waals surface area (Å²) in [6.07, 6.45) is 7.74. The summed E-state index contributed by atoms with van der Waals surface area (Å²) in [5.41, 5.74) is 6.35. The highest BCUT2D eigenvalue weighted by atomic mass is 35.5. The van der Waals surface area contributed by atoms with Gasteiger partial charge in [-0.25, -0.2) is 0 Å². The van der Waals surface area contributed by atoms with Crippen molar-refractivity contribution in [1.29, 1.82) is 0 Å². The van der Waals surface area contributed by atoms with Gasteiger partial charge in [-0.2, -0.15) is 5.10 Å². The molecule has 0 aliphatic heterocycles. The van der Waals surface area contributed by atoms with E-state index in [2.05, 4.69) is 45.5 Å². The Balaban J connectivity index is 1.69. The second kappa shape index (κ2) is 6.38. The van der Waals surface area contributed by atoms with E-state index in [0.29, 0.717) is 5.92 Å². The van der Waals surface area contributed by atoms with Crippen LogP contribution in [0.25, 0.3) is 21.0 Å². The van der Waals surface area contributed by atoms with Gasteiger partial charge < -0.3 is 0 Å². The number of aromatic amines is 1. The summed E-state index contributed by atoms with van der Waals surface area (Å²) in [6.45, 7) is 0. The number of nitrogens with zero attached hydrogens (tertiary/aromatic N) is 2.